The van der Waals surface area contributed by atoms with Crippen molar-refractivity contribution in [2.45, 2.75) is 26.2 Å². The minimum Gasteiger partial charge on any atom is -0.494 e. The number of nitrogens with one attached hydrogen (secondary N) is 2. The number of ether oxygens (including phenoxy) is 1. The van der Waals surface area contributed by atoms with Gasteiger partial charge in [-0.05, 0) is 55.0 Å². The summed E-state index contributed by atoms with van der Waals surface area (Å²) in [5.74, 6) is 0.382. The predicted octanol–water partition coefficient (Wildman–Crippen LogP) is 6.34. The third kappa shape index (κ3) is 6.85. The zero-order valence-corrected chi connectivity index (χ0v) is 17.7. The summed E-state index contributed by atoms with van der Waals surface area (Å²) < 4.78 is 5.63. The summed E-state index contributed by atoms with van der Waals surface area (Å²) in [6, 6.07) is 9.91. The van der Waals surface area contributed by atoms with Crippen LogP contribution in [0.3, 0.4) is 0 Å². The molecule has 144 valence electrons. The molecule has 0 atom stereocenters. The van der Waals surface area contributed by atoms with E-state index >= 15 is 0 Å². The Morgan fingerprint density at radius 1 is 1.04 bits per heavy atom. The molecule has 2 aromatic rings. The third-order valence-electron chi connectivity index (χ3n) is 3.62. The highest BCUT2D eigenvalue weighted by Crippen LogP contribution is 2.32. The largest absolute Gasteiger partial charge is 0.494 e. The van der Waals surface area contributed by atoms with Crippen LogP contribution in [0.4, 0.5) is 5.69 Å². The second-order valence-corrected chi connectivity index (χ2v) is 7.36. The average Bonchev–Trinajstić information content (AvgIpc) is 2.63. The topological polar surface area (TPSA) is 50.4 Å². The van der Waals surface area contributed by atoms with Crippen LogP contribution in [-0.2, 0) is 0 Å². The highest BCUT2D eigenvalue weighted by molar-refractivity contribution is 7.80. The number of unbranched alkanes of at least 4 members (excludes halogenated alkanes) is 2. The monoisotopic (exact) mass is 444 g/mol. The van der Waals surface area contributed by atoms with E-state index in [2.05, 4.69) is 17.6 Å². The molecular formula is C19H19Cl3N2O2S. The number of anilines is 1. The summed E-state index contributed by atoms with van der Waals surface area (Å²) >= 11 is 23.1. The number of halogens is 3. The standard InChI is InChI=1S/C19H19Cl3N2O2S/c1-2-3-4-9-26-13-7-5-12(6-8-13)18(25)24-19(27)23-17-11-15(21)14(20)10-16(17)22/h5-8,10-11H,2-4,9H2,1H3,(H2,23,24,25,27). The molecule has 0 bridgehead atoms. The van der Waals surface area contributed by atoms with Gasteiger partial charge < -0.3 is 10.1 Å². The maximum Gasteiger partial charge on any atom is 0.257 e. The van der Waals surface area contributed by atoms with Gasteiger partial charge in [-0.25, -0.2) is 0 Å². The van der Waals surface area contributed by atoms with Crippen LogP contribution in [0, 0.1) is 0 Å². The van der Waals surface area contributed by atoms with Crippen molar-refractivity contribution in [2.24, 2.45) is 0 Å². The van der Waals surface area contributed by atoms with E-state index < -0.39 is 0 Å². The normalized spacial score (nSPS) is 10.4. The van der Waals surface area contributed by atoms with Crippen molar-refractivity contribution in [2.75, 3.05) is 11.9 Å². The Morgan fingerprint density at radius 2 is 1.70 bits per heavy atom. The first-order valence-corrected chi connectivity index (χ1v) is 9.94. The first-order chi connectivity index (χ1) is 12.9. The molecular weight excluding hydrogens is 427 g/mol. The number of rotatable bonds is 7. The highest BCUT2D eigenvalue weighted by Gasteiger charge is 2.11. The first kappa shape index (κ1) is 21.8. The van der Waals surface area contributed by atoms with E-state index in [4.69, 9.17) is 51.8 Å². The summed E-state index contributed by atoms with van der Waals surface area (Å²) in [7, 11) is 0. The Morgan fingerprint density at radius 3 is 2.37 bits per heavy atom. The van der Waals surface area contributed by atoms with Gasteiger partial charge in [0.1, 0.15) is 5.75 Å². The maximum atomic E-state index is 12.3. The van der Waals surface area contributed by atoms with Crippen LogP contribution in [0.25, 0.3) is 0 Å². The summed E-state index contributed by atoms with van der Waals surface area (Å²) in [5, 5.41) is 6.52. The van der Waals surface area contributed by atoms with E-state index in [0.29, 0.717) is 32.9 Å². The molecule has 0 aliphatic heterocycles. The molecule has 0 aromatic heterocycles. The molecule has 0 aliphatic carbocycles. The smallest absolute Gasteiger partial charge is 0.257 e. The molecule has 0 radical (unpaired) electrons. The quantitative estimate of drug-likeness (QED) is 0.296. The Balaban J connectivity index is 1.90. The number of carbonyl (C=O) groups excluding carboxylic acids is 1. The summed E-state index contributed by atoms with van der Waals surface area (Å²) in [6.07, 6.45) is 3.29. The van der Waals surface area contributed by atoms with Crippen molar-refractivity contribution in [3.05, 3.63) is 57.0 Å². The van der Waals surface area contributed by atoms with Gasteiger partial charge in [-0.15, -0.1) is 0 Å². The molecule has 2 N–H and O–H groups in total. The Bertz CT molecular complexity index is 813. The lowest BCUT2D eigenvalue weighted by Gasteiger charge is -2.12. The zero-order chi connectivity index (χ0) is 19.8. The van der Waals surface area contributed by atoms with Crippen molar-refractivity contribution in [1.82, 2.24) is 5.32 Å². The van der Waals surface area contributed by atoms with Gasteiger partial charge in [0.05, 0.1) is 27.4 Å². The molecule has 2 rings (SSSR count). The van der Waals surface area contributed by atoms with Gasteiger partial charge in [0.15, 0.2) is 5.11 Å². The summed E-state index contributed by atoms with van der Waals surface area (Å²) in [5.41, 5.74) is 0.910. The van der Waals surface area contributed by atoms with Gasteiger partial charge >= 0.3 is 0 Å². The molecule has 0 aliphatic rings. The Labute approximate surface area is 179 Å². The number of thiocarbonyl (C=S) groups is 1. The molecule has 0 saturated heterocycles. The molecule has 0 heterocycles. The van der Waals surface area contributed by atoms with Crippen LogP contribution in [0.5, 0.6) is 5.75 Å². The molecule has 0 unspecified atom stereocenters. The van der Waals surface area contributed by atoms with Gasteiger partial charge in [0.25, 0.3) is 5.91 Å². The summed E-state index contributed by atoms with van der Waals surface area (Å²) in [4.78, 5) is 12.3. The molecule has 4 nitrogen and oxygen atoms in total. The highest BCUT2D eigenvalue weighted by atomic mass is 35.5. The van der Waals surface area contributed by atoms with E-state index in [1.54, 1.807) is 24.3 Å². The van der Waals surface area contributed by atoms with Crippen molar-refractivity contribution >= 4 is 63.7 Å². The van der Waals surface area contributed by atoms with Crippen LogP contribution < -0.4 is 15.4 Å². The van der Waals surface area contributed by atoms with Gasteiger partial charge in [0, 0.05) is 5.56 Å². The van der Waals surface area contributed by atoms with Crippen LogP contribution in [0.1, 0.15) is 36.5 Å². The minimum absolute atomic E-state index is 0.0974. The Kier molecular flexibility index (Phi) is 8.64. The van der Waals surface area contributed by atoms with Crippen LogP contribution in [-0.4, -0.2) is 17.6 Å². The van der Waals surface area contributed by atoms with Gasteiger partial charge in [-0.1, -0.05) is 54.6 Å². The number of hydrogen-bond acceptors (Lipinski definition) is 3. The number of carbonyl (C=O) groups is 1. The molecule has 0 spiro atoms. The molecule has 8 heteroatoms. The molecule has 27 heavy (non-hydrogen) atoms. The predicted molar refractivity (Wildman–Crippen MR) is 117 cm³/mol. The number of amides is 1. The minimum atomic E-state index is -0.346. The fraction of sp³-hybridized carbons (Fsp3) is 0.263. The molecule has 0 fully saturated rings. The van der Waals surface area contributed by atoms with E-state index in [1.807, 2.05) is 0 Å². The SMILES string of the molecule is CCCCCOc1ccc(C(=O)NC(=S)Nc2cc(Cl)c(Cl)cc2Cl)cc1. The number of hydrogen-bond donors (Lipinski definition) is 2. The van der Waals surface area contributed by atoms with E-state index in [9.17, 15) is 4.79 Å². The van der Waals surface area contributed by atoms with Crippen molar-refractivity contribution in [1.29, 1.82) is 0 Å². The summed E-state index contributed by atoms with van der Waals surface area (Å²) in [6.45, 7) is 2.81. The van der Waals surface area contributed by atoms with Crippen molar-refractivity contribution in [3.8, 4) is 5.75 Å². The zero-order valence-electron chi connectivity index (χ0n) is 14.7. The Hall–Kier alpha value is -1.53. The van der Waals surface area contributed by atoms with Crippen molar-refractivity contribution < 1.29 is 9.53 Å². The second kappa shape index (κ2) is 10.7. The van der Waals surface area contributed by atoms with Gasteiger partial charge in [-0.2, -0.15) is 0 Å². The van der Waals surface area contributed by atoms with Crippen LogP contribution >= 0.6 is 47.0 Å². The molecule has 1 amide bonds. The average molecular weight is 446 g/mol. The third-order valence-corrected chi connectivity index (χ3v) is 4.86. The maximum absolute atomic E-state index is 12.3. The first-order valence-electron chi connectivity index (χ1n) is 8.40. The van der Waals surface area contributed by atoms with Crippen molar-refractivity contribution in [3.63, 3.8) is 0 Å². The fourth-order valence-electron chi connectivity index (χ4n) is 2.19. The lowest BCUT2D eigenvalue weighted by molar-refractivity contribution is 0.0977. The molecule has 2 aromatic carbocycles. The fourth-order valence-corrected chi connectivity index (χ4v) is 2.99. The van der Waals surface area contributed by atoms with Gasteiger partial charge in [-0.3, -0.25) is 10.1 Å². The van der Waals surface area contributed by atoms with E-state index in [1.165, 1.54) is 12.1 Å². The van der Waals surface area contributed by atoms with Crippen LogP contribution in [0.15, 0.2) is 36.4 Å². The van der Waals surface area contributed by atoms with Gasteiger partial charge in [0.2, 0.25) is 0 Å². The van der Waals surface area contributed by atoms with E-state index in [0.717, 1.165) is 25.0 Å². The lowest BCUT2D eigenvalue weighted by Crippen LogP contribution is -2.34. The molecule has 0 saturated carbocycles. The number of benzene rings is 2. The second-order valence-electron chi connectivity index (χ2n) is 5.73. The lowest BCUT2D eigenvalue weighted by atomic mass is 10.2. The van der Waals surface area contributed by atoms with E-state index in [-0.39, 0.29) is 11.0 Å². The van der Waals surface area contributed by atoms with Crippen LogP contribution in [0.2, 0.25) is 15.1 Å².